The molecule has 1 aromatic carbocycles. The predicted octanol–water partition coefficient (Wildman–Crippen LogP) is 1.26. The Bertz CT molecular complexity index is 582. The molecule has 0 bridgehead atoms. The first-order valence-corrected chi connectivity index (χ1v) is 7.09. The molecule has 1 amide bonds. The molecule has 1 heterocycles. The Labute approximate surface area is 124 Å². The Kier molecular flexibility index (Phi) is 5.05. The average Bonchev–Trinajstić information content (AvgIpc) is 3.05. The maximum absolute atomic E-state index is 12.0. The van der Waals surface area contributed by atoms with Gasteiger partial charge in [0.25, 0.3) is 0 Å². The second kappa shape index (κ2) is 6.99. The maximum atomic E-state index is 12.0. The molecule has 112 valence electrons. The van der Waals surface area contributed by atoms with Crippen LogP contribution < -0.4 is 11.1 Å². The predicted molar refractivity (Wildman–Crippen MR) is 80.6 cm³/mol. The van der Waals surface area contributed by atoms with Crippen LogP contribution in [-0.2, 0) is 11.3 Å². The summed E-state index contributed by atoms with van der Waals surface area (Å²) >= 11 is 0. The first kappa shape index (κ1) is 15.2. The summed E-state index contributed by atoms with van der Waals surface area (Å²) in [6.07, 6.45) is 4.01. The van der Waals surface area contributed by atoms with Crippen molar-refractivity contribution in [1.82, 2.24) is 20.1 Å². The van der Waals surface area contributed by atoms with Crippen molar-refractivity contribution in [1.29, 1.82) is 0 Å². The minimum Gasteiger partial charge on any atom is -0.351 e. The molecule has 0 radical (unpaired) electrons. The zero-order chi connectivity index (χ0) is 15.2. The number of amides is 1. The summed E-state index contributed by atoms with van der Waals surface area (Å²) in [5.74, 6) is 0.0574. The van der Waals surface area contributed by atoms with Gasteiger partial charge in [0.05, 0.1) is 11.7 Å². The summed E-state index contributed by atoms with van der Waals surface area (Å²) < 4.78 is 1.68. The summed E-state index contributed by atoms with van der Waals surface area (Å²) in [5.41, 5.74) is 7.81. The standard InChI is InChI=1S/C15H21N5O/c1-3-11(2)14(16)15(21)18-8-12-5-4-6-13(7-12)20-10-17-9-19-20/h4-7,9-11,14H,3,8,16H2,1-2H3,(H,18,21). The molecule has 0 saturated heterocycles. The Balaban J connectivity index is 1.98. The van der Waals surface area contributed by atoms with Gasteiger partial charge in [0.2, 0.25) is 5.91 Å². The monoisotopic (exact) mass is 287 g/mol. The van der Waals surface area contributed by atoms with Crippen LogP contribution in [-0.4, -0.2) is 26.7 Å². The lowest BCUT2D eigenvalue weighted by Gasteiger charge is -2.17. The van der Waals surface area contributed by atoms with Gasteiger partial charge in [-0.1, -0.05) is 32.4 Å². The van der Waals surface area contributed by atoms with Gasteiger partial charge in [-0.15, -0.1) is 0 Å². The van der Waals surface area contributed by atoms with Crippen LogP contribution >= 0.6 is 0 Å². The molecule has 3 N–H and O–H groups in total. The topological polar surface area (TPSA) is 85.8 Å². The van der Waals surface area contributed by atoms with Crippen molar-refractivity contribution in [3.8, 4) is 5.69 Å². The lowest BCUT2D eigenvalue weighted by Crippen LogP contribution is -2.44. The van der Waals surface area contributed by atoms with Gasteiger partial charge < -0.3 is 11.1 Å². The Morgan fingerprint density at radius 1 is 1.48 bits per heavy atom. The normalized spacial score (nSPS) is 13.7. The molecule has 0 aliphatic heterocycles. The maximum Gasteiger partial charge on any atom is 0.237 e. The van der Waals surface area contributed by atoms with Gasteiger partial charge in [0.15, 0.2) is 0 Å². The van der Waals surface area contributed by atoms with Gasteiger partial charge in [-0.2, -0.15) is 5.10 Å². The van der Waals surface area contributed by atoms with Gasteiger partial charge >= 0.3 is 0 Å². The van der Waals surface area contributed by atoms with Crippen LogP contribution in [0.4, 0.5) is 0 Å². The third-order valence-electron chi connectivity index (χ3n) is 3.62. The van der Waals surface area contributed by atoms with Crippen LogP contribution in [0.5, 0.6) is 0 Å². The van der Waals surface area contributed by atoms with Crippen molar-refractivity contribution in [3.05, 3.63) is 42.5 Å². The minimum absolute atomic E-state index is 0.115. The number of hydrogen-bond acceptors (Lipinski definition) is 4. The molecule has 1 aromatic heterocycles. The quantitative estimate of drug-likeness (QED) is 0.837. The number of carbonyl (C=O) groups is 1. The van der Waals surface area contributed by atoms with Gasteiger partial charge in [-0.3, -0.25) is 4.79 Å². The van der Waals surface area contributed by atoms with Crippen molar-refractivity contribution >= 4 is 5.91 Å². The first-order chi connectivity index (χ1) is 10.1. The molecule has 6 heteroatoms. The van der Waals surface area contributed by atoms with Crippen molar-refractivity contribution in [2.24, 2.45) is 11.7 Å². The molecule has 6 nitrogen and oxygen atoms in total. The van der Waals surface area contributed by atoms with Crippen LogP contribution in [0.3, 0.4) is 0 Å². The molecule has 0 spiro atoms. The molecule has 0 aliphatic carbocycles. The highest BCUT2D eigenvalue weighted by atomic mass is 16.2. The van der Waals surface area contributed by atoms with E-state index in [9.17, 15) is 4.79 Å². The summed E-state index contributed by atoms with van der Waals surface area (Å²) in [4.78, 5) is 15.9. The number of aromatic nitrogens is 3. The molecular weight excluding hydrogens is 266 g/mol. The van der Waals surface area contributed by atoms with E-state index in [1.807, 2.05) is 38.1 Å². The largest absolute Gasteiger partial charge is 0.351 e. The fourth-order valence-electron chi connectivity index (χ4n) is 1.97. The zero-order valence-corrected chi connectivity index (χ0v) is 12.4. The van der Waals surface area contributed by atoms with E-state index in [4.69, 9.17) is 5.73 Å². The van der Waals surface area contributed by atoms with Crippen molar-refractivity contribution < 1.29 is 4.79 Å². The number of hydrogen-bond donors (Lipinski definition) is 2. The number of nitrogens with zero attached hydrogens (tertiary/aromatic N) is 3. The fraction of sp³-hybridized carbons (Fsp3) is 0.400. The Morgan fingerprint density at radius 2 is 2.29 bits per heavy atom. The van der Waals surface area contributed by atoms with Crippen molar-refractivity contribution in [3.63, 3.8) is 0 Å². The van der Waals surface area contributed by atoms with E-state index in [0.717, 1.165) is 17.7 Å². The number of nitrogens with one attached hydrogen (secondary N) is 1. The SMILES string of the molecule is CCC(C)C(N)C(=O)NCc1cccc(-n2cncn2)c1. The summed E-state index contributed by atoms with van der Waals surface area (Å²) in [6.45, 7) is 4.46. The van der Waals surface area contributed by atoms with E-state index in [1.165, 1.54) is 6.33 Å². The first-order valence-electron chi connectivity index (χ1n) is 7.09. The van der Waals surface area contributed by atoms with Crippen LogP contribution in [0, 0.1) is 5.92 Å². The van der Waals surface area contributed by atoms with Crippen LogP contribution in [0.2, 0.25) is 0 Å². The average molecular weight is 287 g/mol. The highest BCUT2D eigenvalue weighted by molar-refractivity contribution is 5.81. The molecule has 2 aromatic rings. The van der Waals surface area contributed by atoms with Crippen molar-refractivity contribution in [2.45, 2.75) is 32.9 Å². The Hall–Kier alpha value is -2.21. The summed E-state index contributed by atoms with van der Waals surface area (Å²) in [5, 5.41) is 6.96. The van der Waals surface area contributed by atoms with E-state index in [0.29, 0.717) is 6.54 Å². The molecule has 2 atom stereocenters. The second-order valence-corrected chi connectivity index (χ2v) is 5.14. The molecule has 0 saturated carbocycles. The van der Waals surface area contributed by atoms with Gasteiger partial charge in [0, 0.05) is 6.54 Å². The molecule has 21 heavy (non-hydrogen) atoms. The highest BCUT2D eigenvalue weighted by Crippen LogP contribution is 2.10. The molecule has 0 fully saturated rings. The second-order valence-electron chi connectivity index (χ2n) is 5.14. The lowest BCUT2D eigenvalue weighted by atomic mass is 9.99. The Morgan fingerprint density at radius 3 is 2.95 bits per heavy atom. The number of rotatable bonds is 6. The van der Waals surface area contributed by atoms with Crippen LogP contribution in [0.15, 0.2) is 36.9 Å². The van der Waals surface area contributed by atoms with E-state index < -0.39 is 6.04 Å². The summed E-state index contributed by atoms with van der Waals surface area (Å²) in [6, 6.07) is 7.31. The molecule has 2 unspecified atom stereocenters. The number of nitrogens with two attached hydrogens (primary N) is 1. The van der Waals surface area contributed by atoms with Crippen LogP contribution in [0.1, 0.15) is 25.8 Å². The van der Waals surface area contributed by atoms with Crippen LogP contribution in [0.25, 0.3) is 5.69 Å². The van der Waals surface area contributed by atoms with Gasteiger partial charge in [-0.05, 0) is 23.6 Å². The van der Waals surface area contributed by atoms with Crippen molar-refractivity contribution in [2.75, 3.05) is 0 Å². The zero-order valence-electron chi connectivity index (χ0n) is 12.4. The van der Waals surface area contributed by atoms with Gasteiger partial charge in [0.1, 0.15) is 12.7 Å². The van der Waals surface area contributed by atoms with E-state index in [-0.39, 0.29) is 11.8 Å². The van der Waals surface area contributed by atoms with Gasteiger partial charge in [-0.25, -0.2) is 9.67 Å². The van der Waals surface area contributed by atoms with E-state index >= 15 is 0 Å². The number of benzene rings is 1. The molecular formula is C15H21N5O. The third kappa shape index (κ3) is 3.88. The highest BCUT2D eigenvalue weighted by Gasteiger charge is 2.18. The summed E-state index contributed by atoms with van der Waals surface area (Å²) in [7, 11) is 0. The molecule has 2 rings (SSSR count). The smallest absolute Gasteiger partial charge is 0.237 e. The lowest BCUT2D eigenvalue weighted by molar-refractivity contribution is -0.123. The number of carbonyl (C=O) groups excluding carboxylic acids is 1. The minimum atomic E-state index is -0.464. The fourth-order valence-corrected chi connectivity index (χ4v) is 1.97. The van der Waals surface area contributed by atoms with E-state index in [1.54, 1.807) is 11.0 Å². The van der Waals surface area contributed by atoms with E-state index in [2.05, 4.69) is 15.4 Å². The third-order valence-corrected chi connectivity index (χ3v) is 3.62. The molecule has 0 aliphatic rings.